The second kappa shape index (κ2) is 5.79. The van der Waals surface area contributed by atoms with Crippen molar-refractivity contribution >= 4 is 50.1 Å². The lowest BCUT2D eigenvalue weighted by atomic mass is 10.3. The van der Waals surface area contributed by atoms with Gasteiger partial charge in [-0.05, 0) is 6.92 Å². The Bertz CT molecular complexity index is 531. The third-order valence-corrected chi connectivity index (χ3v) is 3.97. The number of anilines is 1. The number of Topliss-reactive ketones (excluding diaryl/α,β-unsaturated/α-hetero) is 1. The maximum absolute atomic E-state index is 11.7. The van der Waals surface area contributed by atoms with Crippen LogP contribution in [0.2, 0.25) is 0 Å². The van der Waals surface area contributed by atoms with Gasteiger partial charge in [-0.3, -0.25) is 14.5 Å². The molecule has 1 aliphatic heterocycles. The zero-order chi connectivity index (χ0) is 14.0. The number of alkyl halides is 1. The first kappa shape index (κ1) is 14.1. The van der Waals surface area contributed by atoms with Crippen molar-refractivity contribution in [2.75, 3.05) is 18.1 Å². The van der Waals surface area contributed by atoms with E-state index in [1.54, 1.807) is 6.92 Å². The van der Waals surface area contributed by atoms with Crippen LogP contribution in [-0.2, 0) is 14.3 Å². The normalized spacial score (nSPS) is 18.7. The van der Waals surface area contributed by atoms with Gasteiger partial charge in [-0.25, -0.2) is 9.78 Å². The van der Waals surface area contributed by atoms with Crippen LogP contribution in [-0.4, -0.2) is 40.6 Å². The summed E-state index contributed by atoms with van der Waals surface area (Å²) in [5, 5.41) is 1.89. The third-order valence-electron chi connectivity index (χ3n) is 2.49. The van der Waals surface area contributed by atoms with Crippen molar-refractivity contribution in [3.05, 3.63) is 11.1 Å². The molecule has 1 fully saturated rings. The predicted molar refractivity (Wildman–Crippen MR) is 72.8 cm³/mol. The number of hydrogen-bond acceptors (Lipinski definition) is 6. The van der Waals surface area contributed by atoms with E-state index in [4.69, 9.17) is 0 Å². The highest BCUT2D eigenvalue weighted by Crippen LogP contribution is 2.28. The standard InChI is InChI=1S/C11H11BrN2O4S/c1-2-18-10(17)9(16)7-5-19-11(13-7)14-4-6(12)3-8(14)15/h5-6H,2-4H2,1H3. The van der Waals surface area contributed by atoms with Gasteiger partial charge in [0.25, 0.3) is 5.78 Å². The van der Waals surface area contributed by atoms with E-state index in [1.807, 2.05) is 0 Å². The van der Waals surface area contributed by atoms with Gasteiger partial charge < -0.3 is 4.74 Å². The number of thiazole rings is 1. The largest absolute Gasteiger partial charge is 0.460 e. The first-order valence-electron chi connectivity index (χ1n) is 5.64. The van der Waals surface area contributed by atoms with Gasteiger partial charge in [0.05, 0.1) is 6.61 Å². The molecule has 0 aliphatic carbocycles. The van der Waals surface area contributed by atoms with Crippen molar-refractivity contribution in [2.45, 2.75) is 18.2 Å². The molecule has 102 valence electrons. The zero-order valence-electron chi connectivity index (χ0n) is 10.1. The highest BCUT2D eigenvalue weighted by Gasteiger charge is 2.31. The molecule has 0 spiro atoms. The van der Waals surface area contributed by atoms with Crippen LogP contribution in [0.1, 0.15) is 23.8 Å². The van der Waals surface area contributed by atoms with Crippen molar-refractivity contribution in [3.63, 3.8) is 0 Å². The summed E-state index contributed by atoms with van der Waals surface area (Å²) in [6.45, 7) is 2.27. The number of amides is 1. The lowest BCUT2D eigenvalue weighted by Gasteiger charge is -2.10. The fraction of sp³-hybridized carbons (Fsp3) is 0.455. The van der Waals surface area contributed by atoms with E-state index >= 15 is 0 Å². The van der Waals surface area contributed by atoms with E-state index in [-0.39, 0.29) is 23.0 Å². The minimum Gasteiger partial charge on any atom is -0.460 e. The molecule has 0 aromatic carbocycles. The van der Waals surface area contributed by atoms with Crippen LogP contribution in [0, 0.1) is 0 Å². The lowest BCUT2D eigenvalue weighted by molar-refractivity contribution is -0.137. The third kappa shape index (κ3) is 3.01. The average Bonchev–Trinajstić information content (AvgIpc) is 2.95. The summed E-state index contributed by atoms with van der Waals surface area (Å²) in [5.74, 6) is -1.76. The summed E-state index contributed by atoms with van der Waals surface area (Å²) >= 11 is 4.53. The minimum absolute atomic E-state index is 0.0178. The summed E-state index contributed by atoms with van der Waals surface area (Å²) < 4.78 is 4.62. The van der Waals surface area contributed by atoms with E-state index in [9.17, 15) is 14.4 Å². The fourth-order valence-electron chi connectivity index (χ4n) is 1.64. The lowest BCUT2D eigenvalue weighted by Crippen LogP contribution is -2.25. The smallest absolute Gasteiger partial charge is 0.381 e. The Morgan fingerprint density at radius 1 is 1.63 bits per heavy atom. The van der Waals surface area contributed by atoms with E-state index in [0.29, 0.717) is 18.1 Å². The number of aromatic nitrogens is 1. The Hall–Kier alpha value is -1.28. The molecule has 0 bridgehead atoms. The number of halogens is 1. The second-order valence-corrected chi connectivity index (χ2v) is 6.00. The molecule has 1 atom stereocenters. The van der Waals surface area contributed by atoms with Gasteiger partial charge >= 0.3 is 5.97 Å². The summed E-state index contributed by atoms with van der Waals surface area (Å²) in [5.41, 5.74) is 0.0178. The van der Waals surface area contributed by atoms with Gasteiger partial charge in [0.15, 0.2) is 5.13 Å². The Kier molecular flexibility index (Phi) is 4.31. The Labute approximate surface area is 121 Å². The summed E-state index contributed by atoms with van der Waals surface area (Å²) in [4.78, 5) is 40.3. The van der Waals surface area contributed by atoms with Crippen LogP contribution in [0.4, 0.5) is 5.13 Å². The summed E-state index contributed by atoms with van der Waals surface area (Å²) in [6, 6.07) is 0. The predicted octanol–water partition coefficient (Wildman–Crippen LogP) is 1.39. The molecule has 1 aliphatic rings. The van der Waals surface area contributed by atoms with Crippen molar-refractivity contribution in [3.8, 4) is 0 Å². The molecular weight excluding hydrogens is 336 g/mol. The molecule has 1 amide bonds. The molecule has 0 radical (unpaired) electrons. The van der Waals surface area contributed by atoms with Crippen LogP contribution in [0.15, 0.2) is 5.38 Å². The number of ether oxygens (including phenoxy) is 1. The molecule has 1 saturated heterocycles. The number of hydrogen-bond donors (Lipinski definition) is 0. The van der Waals surface area contributed by atoms with Gasteiger partial charge in [0.1, 0.15) is 5.69 Å². The molecular formula is C11H11BrN2O4S. The first-order valence-corrected chi connectivity index (χ1v) is 7.44. The Morgan fingerprint density at radius 3 is 2.95 bits per heavy atom. The topological polar surface area (TPSA) is 76.6 Å². The Morgan fingerprint density at radius 2 is 2.37 bits per heavy atom. The Balaban J connectivity index is 2.13. The molecule has 1 unspecified atom stereocenters. The van der Waals surface area contributed by atoms with Crippen LogP contribution >= 0.6 is 27.3 Å². The quantitative estimate of drug-likeness (QED) is 0.356. The molecule has 1 aromatic heterocycles. The number of carbonyl (C=O) groups is 3. The average molecular weight is 347 g/mol. The van der Waals surface area contributed by atoms with Gasteiger partial charge in [-0.2, -0.15) is 0 Å². The number of rotatable bonds is 4. The maximum atomic E-state index is 11.7. The van der Waals surface area contributed by atoms with Gasteiger partial charge in [0, 0.05) is 23.2 Å². The van der Waals surface area contributed by atoms with E-state index in [0.717, 1.165) is 11.3 Å². The number of ketones is 1. The van der Waals surface area contributed by atoms with Crippen molar-refractivity contribution < 1.29 is 19.1 Å². The van der Waals surface area contributed by atoms with Crippen molar-refractivity contribution in [1.29, 1.82) is 0 Å². The van der Waals surface area contributed by atoms with Crippen LogP contribution in [0.25, 0.3) is 0 Å². The van der Waals surface area contributed by atoms with Crippen LogP contribution in [0.5, 0.6) is 0 Å². The summed E-state index contributed by atoms with van der Waals surface area (Å²) in [6.07, 6.45) is 0.404. The van der Waals surface area contributed by atoms with Gasteiger partial charge in [-0.1, -0.05) is 15.9 Å². The van der Waals surface area contributed by atoms with Crippen LogP contribution < -0.4 is 4.90 Å². The zero-order valence-corrected chi connectivity index (χ0v) is 12.5. The molecule has 2 rings (SSSR count). The molecule has 8 heteroatoms. The van der Waals surface area contributed by atoms with Gasteiger partial charge in [0.2, 0.25) is 5.91 Å². The van der Waals surface area contributed by atoms with Crippen molar-refractivity contribution in [2.24, 2.45) is 0 Å². The number of esters is 1. The molecule has 0 saturated carbocycles. The highest BCUT2D eigenvalue weighted by atomic mass is 79.9. The van der Waals surface area contributed by atoms with E-state index in [2.05, 4.69) is 25.7 Å². The second-order valence-electron chi connectivity index (χ2n) is 3.87. The van der Waals surface area contributed by atoms with E-state index in [1.165, 1.54) is 10.3 Å². The van der Waals surface area contributed by atoms with E-state index < -0.39 is 11.8 Å². The minimum atomic E-state index is -0.925. The SMILES string of the molecule is CCOC(=O)C(=O)c1csc(N2CC(Br)CC2=O)n1. The fourth-order valence-corrected chi connectivity index (χ4v) is 3.04. The molecule has 0 N–H and O–H groups in total. The molecule has 6 nitrogen and oxygen atoms in total. The molecule has 19 heavy (non-hydrogen) atoms. The number of carbonyl (C=O) groups excluding carboxylic acids is 3. The monoisotopic (exact) mass is 346 g/mol. The first-order chi connectivity index (χ1) is 9.02. The number of nitrogens with zero attached hydrogens (tertiary/aromatic N) is 2. The van der Waals surface area contributed by atoms with Crippen molar-refractivity contribution in [1.82, 2.24) is 4.98 Å². The molecule has 1 aromatic rings. The van der Waals surface area contributed by atoms with Crippen LogP contribution in [0.3, 0.4) is 0 Å². The molecule has 2 heterocycles. The summed E-state index contributed by atoms with van der Waals surface area (Å²) in [7, 11) is 0. The van der Waals surface area contributed by atoms with Gasteiger partial charge in [-0.15, -0.1) is 11.3 Å². The maximum Gasteiger partial charge on any atom is 0.381 e. The highest BCUT2D eigenvalue weighted by molar-refractivity contribution is 9.09.